The van der Waals surface area contributed by atoms with Crippen LogP contribution in [0.1, 0.15) is 13.8 Å². The lowest BCUT2D eigenvalue weighted by Gasteiger charge is -2.17. The van der Waals surface area contributed by atoms with Crippen molar-refractivity contribution >= 4 is 11.6 Å². The Labute approximate surface area is 99.4 Å². The maximum absolute atomic E-state index is 12.9. The van der Waals surface area contributed by atoms with Crippen molar-refractivity contribution in [3.63, 3.8) is 0 Å². The molecule has 1 rings (SSSR count). The predicted octanol–water partition coefficient (Wildman–Crippen LogP) is 2.25. The number of carbonyl (C=O) groups excluding carboxylic acids is 1. The average molecular weight is 242 g/mol. The molecule has 94 valence electrons. The molecule has 1 N–H and O–H groups in total. The third-order valence-corrected chi connectivity index (χ3v) is 2.46. The summed E-state index contributed by atoms with van der Waals surface area (Å²) in [6, 6.07) is 3.29. The smallest absolute Gasteiger partial charge is 0.238 e. The SMILES string of the molecule is CCN(CC)CC(=O)Nc1ccc(F)c(F)c1. The molecular formula is C12H16F2N2O. The lowest BCUT2D eigenvalue weighted by atomic mass is 10.3. The Hall–Kier alpha value is -1.49. The number of hydrogen-bond donors (Lipinski definition) is 1. The van der Waals surface area contributed by atoms with Crippen LogP contribution < -0.4 is 5.32 Å². The van der Waals surface area contributed by atoms with Crippen LogP contribution in [-0.2, 0) is 4.79 Å². The van der Waals surface area contributed by atoms with Crippen LogP contribution >= 0.6 is 0 Å². The summed E-state index contributed by atoms with van der Waals surface area (Å²) in [5.74, 6) is -2.13. The zero-order chi connectivity index (χ0) is 12.8. The van der Waals surface area contributed by atoms with Gasteiger partial charge in [0.25, 0.3) is 0 Å². The van der Waals surface area contributed by atoms with Gasteiger partial charge in [0.15, 0.2) is 11.6 Å². The highest BCUT2D eigenvalue weighted by Crippen LogP contribution is 2.12. The van der Waals surface area contributed by atoms with E-state index in [-0.39, 0.29) is 18.1 Å². The van der Waals surface area contributed by atoms with Gasteiger partial charge >= 0.3 is 0 Å². The molecule has 0 aliphatic rings. The molecule has 0 atom stereocenters. The van der Waals surface area contributed by atoms with Gasteiger partial charge in [0, 0.05) is 11.8 Å². The van der Waals surface area contributed by atoms with Crippen molar-refractivity contribution in [3.8, 4) is 0 Å². The first-order valence-electron chi connectivity index (χ1n) is 5.54. The van der Waals surface area contributed by atoms with Crippen LogP contribution in [0.15, 0.2) is 18.2 Å². The largest absolute Gasteiger partial charge is 0.325 e. The fourth-order valence-corrected chi connectivity index (χ4v) is 1.42. The number of amides is 1. The Morgan fingerprint density at radius 2 is 1.88 bits per heavy atom. The molecule has 1 amide bonds. The lowest BCUT2D eigenvalue weighted by Crippen LogP contribution is -2.32. The highest BCUT2D eigenvalue weighted by molar-refractivity contribution is 5.92. The van der Waals surface area contributed by atoms with Crippen LogP contribution in [0.5, 0.6) is 0 Å². The zero-order valence-electron chi connectivity index (χ0n) is 9.96. The molecule has 5 heteroatoms. The molecule has 0 saturated heterocycles. The predicted molar refractivity (Wildman–Crippen MR) is 62.8 cm³/mol. The van der Waals surface area contributed by atoms with Crippen molar-refractivity contribution in [3.05, 3.63) is 29.8 Å². The Morgan fingerprint density at radius 1 is 1.24 bits per heavy atom. The fourth-order valence-electron chi connectivity index (χ4n) is 1.42. The van der Waals surface area contributed by atoms with Crippen molar-refractivity contribution in [2.75, 3.05) is 25.0 Å². The molecule has 0 fully saturated rings. The van der Waals surface area contributed by atoms with Crippen molar-refractivity contribution in [2.45, 2.75) is 13.8 Å². The van der Waals surface area contributed by atoms with E-state index < -0.39 is 11.6 Å². The maximum atomic E-state index is 12.9. The number of halogens is 2. The van der Waals surface area contributed by atoms with Gasteiger partial charge in [-0.2, -0.15) is 0 Å². The van der Waals surface area contributed by atoms with Crippen molar-refractivity contribution in [2.24, 2.45) is 0 Å². The first kappa shape index (κ1) is 13.6. The van der Waals surface area contributed by atoms with Crippen LogP contribution in [-0.4, -0.2) is 30.4 Å². The van der Waals surface area contributed by atoms with Gasteiger partial charge in [-0.3, -0.25) is 9.69 Å². The van der Waals surface area contributed by atoms with E-state index in [9.17, 15) is 13.6 Å². The minimum atomic E-state index is -0.967. The number of nitrogens with zero attached hydrogens (tertiary/aromatic N) is 1. The highest BCUT2D eigenvalue weighted by Gasteiger charge is 2.09. The van der Waals surface area contributed by atoms with E-state index in [4.69, 9.17) is 0 Å². The molecule has 0 radical (unpaired) electrons. The van der Waals surface area contributed by atoms with Gasteiger partial charge in [-0.05, 0) is 25.2 Å². The molecule has 0 heterocycles. The topological polar surface area (TPSA) is 32.3 Å². The summed E-state index contributed by atoms with van der Waals surface area (Å²) in [6.07, 6.45) is 0. The minimum absolute atomic E-state index is 0.236. The number of anilines is 1. The van der Waals surface area contributed by atoms with E-state index in [1.54, 1.807) is 0 Å². The quantitative estimate of drug-likeness (QED) is 0.858. The zero-order valence-corrected chi connectivity index (χ0v) is 9.96. The second kappa shape index (κ2) is 6.30. The molecule has 1 aromatic rings. The Bertz CT molecular complexity index is 392. The fraction of sp³-hybridized carbons (Fsp3) is 0.417. The summed E-state index contributed by atoms with van der Waals surface area (Å²) >= 11 is 0. The minimum Gasteiger partial charge on any atom is -0.325 e. The molecular weight excluding hydrogens is 226 g/mol. The first-order chi connectivity index (χ1) is 8.06. The Kier molecular flexibility index (Phi) is 5.03. The second-order valence-corrected chi connectivity index (χ2v) is 3.64. The van der Waals surface area contributed by atoms with E-state index in [0.29, 0.717) is 0 Å². The summed E-state index contributed by atoms with van der Waals surface area (Å²) in [6.45, 7) is 5.68. The number of likely N-dealkylation sites (N-methyl/N-ethyl adjacent to an activating group) is 1. The summed E-state index contributed by atoms with van der Waals surface area (Å²) in [5.41, 5.74) is 0.265. The Morgan fingerprint density at radius 3 is 2.41 bits per heavy atom. The number of hydrogen-bond acceptors (Lipinski definition) is 2. The van der Waals surface area contributed by atoms with Gasteiger partial charge in [-0.15, -0.1) is 0 Å². The van der Waals surface area contributed by atoms with Gasteiger partial charge in [0.05, 0.1) is 6.54 Å². The average Bonchev–Trinajstić information content (AvgIpc) is 2.31. The van der Waals surface area contributed by atoms with Crippen molar-refractivity contribution in [1.82, 2.24) is 4.90 Å². The summed E-state index contributed by atoms with van der Waals surface area (Å²) in [7, 11) is 0. The van der Waals surface area contributed by atoms with Crippen LogP contribution in [0.25, 0.3) is 0 Å². The molecule has 0 aromatic heterocycles. The standard InChI is InChI=1S/C12H16F2N2O/c1-3-16(4-2)8-12(17)15-9-5-6-10(13)11(14)7-9/h5-7H,3-4,8H2,1-2H3,(H,15,17). The van der Waals surface area contributed by atoms with E-state index in [1.165, 1.54) is 6.07 Å². The number of benzene rings is 1. The van der Waals surface area contributed by atoms with Gasteiger partial charge in [0.2, 0.25) is 5.91 Å². The molecule has 0 aliphatic heterocycles. The third-order valence-electron chi connectivity index (χ3n) is 2.46. The number of carbonyl (C=O) groups is 1. The summed E-state index contributed by atoms with van der Waals surface area (Å²) in [5, 5.41) is 2.52. The van der Waals surface area contributed by atoms with Crippen molar-refractivity contribution < 1.29 is 13.6 Å². The van der Waals surface area contributed by atoms with E-state index in [1.807, 2.05) is 18.7 Å². The molecule has 3 nitrogen and oxygen atoms in total. The van der Waals surface area contributed by atoms with Gasteiger partial charge < -0.3 is 5.32 Å². The maximum Gasteiger partial charge on any atom is 0.238 e. The molecule has 0 unspecified atom stereocenters. The van der Waals surface area contributed by atoms with Crippen LogP contribution in [0.2, 0.25) is 0 Å². The monoisotopic (exact) mass is 242 g/mol. The van der Waals surface area contributed by atoms with Gasteiger partial charge in [0.1, 0.15) is 0 Å². The van der Waals surface area contributed by atoms with Gasteiger partial charge in [-0.25, -0.2) is 8.78 Å². The van der Waals surface area contributed by atoms with E-state index in [2.05, 4.69) is 5.32 Å². The van der Waals surface area contributed by atoms with Crippen LogP contribution in [0, 0.1) is 11.6 Å². The Balaban J connectivity index is 2.58. The molecule has 0 saturated carbocycles. The van der Waals surface area contributed by atoms with Crippen LogP contribution in [0.3, 0.4) is 0 Å². The second-order valence-electron chi connectivity index (χ2n) is 3.64. The molecule has 17 heavy (non-hydrogen) atoms. The molecule has 0 bridgehead atoms. The third kappa shape index (κ3) is 4.11. The molecule has 1 aromatic carbocycles. The summed E-state index contributed by atoms with van der Waals surface area (Å²) < 4.78 is 25.5. The van der Waals surface area contributed by atoms with Crippen molar-refractivity contribution in [1.29, 1.82) is 0 Å². The van der Waals surface area contributed by atoms with Gasteiger partial charge in [-0.1, -0.05) is 13.8 Å². The van der Waals surface area contributed by atoms with E-state index >= 15 is 0 Å². The van der Waals surface area contributed by atoms with Crippen LogP contribution in [0.4, 0.5) is 14.5 Å². The first-order valence-corrected chi connectivity index (χ1v) is 5.54. The molecule has 0 aliphatic carbocycles. The number of nitrogens with one attached hydrogen (secondary N) is 1. The number of rotatable bonds is 5. The summed E-state index contributed by atoms with van der Waals surface area (Å²) in [4.78, 5) is 13.5. The van der Waals surface area contributed by atoms with E-state index in [0.717, 1.165) is 25.2 Å². The highest BCUT2D eigenvalue weighted by atomic mass is 19.2. The normalized spacial score (nSPS) is 10.6. The lowest BCUT2D eigenvalue weighted by molar-refractivity contribution is -0.117. The molecule has 0 spiro atoms.